The van der Waals surface area contributed by atoms with Gasteiger partial charge in [0.25, 0.3) is 0 Å². The van der Waals surface area contributed by atoms with E-state index < -0.39 is 6.09 Å². The summed E-state index contributed by atoms with van der Waals surface area (Å²) in [6.07, 6.45) is -0.473. The molecule has 0 spiro atoms. The fraction of sp³-hybridized carbons (Fsp3) is 0.548. The second-order valence-corrected chi connectivity index (χ2v) is 8.78. The quantitative estimate of drug-likeness (QED) is 0.119. The number of esters is 1. The van der Waals surface area contributed by atoms with E-state index in [1.165, 1.54) is 0 Å². The van der Waals surface area contributed by atoms with Gasteiger partial charge in [-0.2, -0.15) is 0 Å². The van der Waals surface area contributed by atoms with Gasteiger partial charge in [0, 0.05) is 6.54 Å². The van der Waals surface area contributed by atoms with Gasteiger partial charge in [-0.25, -0.2) is 9.59 Å². The smallest absolute Gasteiger partial charge is 0.407 e. The van der Waals surface area contributed by atoms with Gasteiger partial charge in [-0.1, -0.05) is 48.5 Å². The Labute approximate surface area is 253 Å². The van der Waals surface area contributed by atoms with Crippen molar-refractivity contribution in [1.82, 2.24) is 5.32 Å². The molecule has 43 heavy (non-hydrogen) atoms. The topological polar surface area (TPSA) is 129 Å². The summed E-state index contributed by atoms with van der Waals surface area (Å²) < 4.78 is 48.2. The maximum Gasteiger partial charge on any atom is 0.407 e. The Kier molecular flexibility index (Phi) is 22.3. The first-order valence-electron chi connectivity index (χ1n) is 14.5. The van der Waals surface area contributed by atoms with Crippen LogP contribution in [0.25, 0.3) is 0 Å². The van der Waals surface area contributed by atoms with Gasteiger partial charge in [0.1, 0.15) is 13.2 Å². The molecule has 1 N–H and O–H groups in total. The van der Waals surface area contributed by atoms with Crippen LogP contribution in [0.5, 0.6) is 0 Å². The number of carbonyl (C=O) groups is 2. The van der Waals surface area contributed by atoms with Crippen molar-refractivity contribution in [3.05, 3.63) is 71.8 Å². The number of carbonyl (C=O) groups excluding carboxylic acids is 2. The highest BCUT2D eigenvalue weighted by molar-refractivity contribution is 5.89. The predicted molar refractivity (Wildman–Crippen MR) is 157 cm³/mol. The first kappa shape index (κ1) is 36.1. The number of amides is 1. The Balaban J connectivity index is 1.19. The molecule has 0 atom stereocenters. The van der Waals surface area contributed by atoms with Gasteiger partial charge in [-0.05, 0) is 17.7 Å². The zero-order valence-electron chi connectivity index (χ0n) is 24.8. The van der Waals surface area contributed by atoms with Crippen LogP contribution in [0.1, 0.15) is 15.9 Å². The molecular weight excluding hydrogens is 562 g/mol. The van der Waals surface area contributed by atoms with Gasteiger partial charge in [-0.3, -0.25) is 0 Å². The van der Waals surface area contributed by atoms with E-state index in [-0.39, 0.29) is 19.2 Å². The molecule has 2 aromatic carbocycles. The van der Waals surface area contributed by atoms with Crippen molar-refractivity contribution < 1.29 is 52.2 Å². The number of alkyl carbamates (subject to hydrolysis) is 1. The first-order valence-corrected chi connectivity index (χ1v) is 14.5. The SMILES string of the molecule is O=C(NCCOCCOCCOCCOCCOCCOCCOCCOC(=O)c1ccccc1)OCc1ccccc1. The standard InChI is InChI=1S/C31H45NO11/c33-30(29-9-5-2-6-10-29)42-26-25-41-24-23-40-22-21-39-20-19-38-18-17-37-16-15-36-14-13-35-12-11-32-31(34)43-27-28-7-3-1-4-8-28/h1-10H,11-27H2,(H,32,34). The van der Waals surface area contributed by atoms with E-state index in [0.29, 0.717) is 105 Å². The third-order valence-electron chi connectivity index (χ3n) is 5.43. The third-order valence-corrected chi connectivity index (χ3v) is 5.43. The zero-order valence-corrected chi connectivity index (χ0v) is 24.8. The van der Waals surface area contributed by atoms with Crippen molar-refractivity contribution in [3.63, 3.8) is 0 Å². The Morgan fingerprint density at radius 2 is 0.860 bits per heavy atom. The van der Waals surface area contributed by atoms with Crippen LogP contribution >= 0.6 is 0 Å². The van der Waals surface area contributed by atoms with Crippen LogP contribution in [-0.4, -0.2) is 118 Å². The highest BCUT2D eigenvalue weighted by Crippen LogP contribution is 2.01. The molecule has 0 bridgehead atoms. The first-order chi connectivity index (χ1) is 21.3. The van der Waals surface area contributed by atoms with Crippen molar-refractivity contribution in [2.45, 2.75) is 6.61 Å². The fourth-order valence-electron chi connectivity index (χ4n) is 3.27. The Morgan fingerprint density at radius 1 is 0.465 bits per heavy atom. The lowest BCUT2D eigenvalue weighted by molar-refractivity contribution is -0.0221. The van der Waals surface area contributed by atoms with Crippen molar-refractivity contribution in [2.24, 2.45) is 0 Å². The third kappa shape index (κ3) is 21.3. The maximum absolute atomic E-state index is 11.8. The molecule has 0 aliphatic heterocycles. The summed E-state index contributed by atoms with van der Waals surface area (Å²) in [5, 5.41) is 2.64. The average molecular weight is 608 g/mol. The molecule has 12 nitrogen and oxygen atoms in total. The van der Waals surface area contributed by atoms with Gasteiger partial charge in [0.2, 0.25) is 0 Å². The van der Waals surface area contributed by atoms with E-state index in [0.717, 1.165) is 5.56 Å². The van der Waals surface area contributed by atoms with E-state index in [4.69, 9.17) is 42.6 Å². The Morgan fingerprint density at radius 3 is 1.33 bits per heavy atom. The van der Waals surface area contributed by atoms with Crippen molar-refractivity contribution >= 4 is 12.1 Å². The van der Waals surface area contributed by atoms with Gasteiger partial charge >= 0.3 is 12.1 Å². The number of nitrogens with one attached hydrogen (secondary N) is 1. The molecule has 0 fully saturated rings. The van der Waals surface area contributed by atoms with E-state index in [2.05, 4.69) is 5.32 Å². The van der Waals surface area contributed by atoms with Crippen molar-refractivity contribution in [3.8, 4) is 0 Å². The normalized spacial score (nSPS) is 10.9. The van der Waals surface area contributed by atoms with E-state index in [1.807, 2.05) is 36.4 Å². The minimum Gasteiger partial charge on any atom is -0.460 e. The molecule has 0 radical (unpaired) electrons. The van der Waals surface area contributed by atoms with E-state index >= 15 is 0 Å². The Bertz CT molecular complexity index is 934. The van der Waals surface area contributed by atoms with Crippen LogP contribution in [-0.2, 0) is 49.2 Å². The molecule has 0 aliphatic carbocycles. The molecule has 2 aromatic rings. The van der Waals surface area contributed by atoms with Crippen LogP contribution in [0.4, 0.5) is 4.79 Å². The summed E-state index contributed by atoms with van der Waals surface area (Å²) >= 11 is 0. The molecule has 0 saturated heterocycles. The van der Waals surface area contributed by atoms with E-state index in [1.54, 1.807) is 24.3 Å². The minimum absolute atomic E-state index is 0.197. The average Bonchev–Trinajstić information content (AvgIpc) is 3.04. The lowest BCUT2D eigenvalue weighted by Gasteiger charge is -2.09. The maximum atomic E-state index is 11.8. The number of ether oxygens (including phenoxy) is 9. The largest absolute Gasteiger partial charge is 0.460 e. The molecular formula is C31H45NO11. The van der Waals surface area contributed by atoms with Crippen molar-refractivity contribution in [2.75, 3.05) is 106 Å². The molecule has 2 rings (SSSR count). The molecule has 0 saturated carbocycles. The molecule has 240 valence electrons. The summed E-state index contributed by atoms with van der Waals surface area (Å²) in [4.78, 5) is 23.4. The second kappa shape index (κ2) is 26.5. The second-order valence-electron chi connectivity index (χ2n) is 8.78. The van der Waals surface area contributed by atoms with Gasteiger partial charge in [0.15, 0.2) is 0 Å². The summed E-state index contributed by atoms with van der Waals surface area (Å²) in [5.41, 5.74) is 1.46. The fourth-order valence-corrected chi connectivity index (χ4v) is 3.27. The van der Waals surface area contributed by atoms with Crippen molar-refractivity contribution in [1.29, 1.82) is 0 Å². The predicted octanol–water partition coefficient (Wildman–Crippen LogP) is 2.89. The number of hydrogen-bond acceptors (Lipinski definition) is 11. The summed E-state index contributed by atoms with van der Waals surface area (Å²) in [7, 11) is 0. The lowest BCUT2D eigenvalue weighted by Crippen LogP contribution is -2.28. The molecule has 0 heterocycles. The van der Waals surface area contributed by atoms with Gasteiger partial charge < -0.3 is 47.9 Å². The molecule has 1 amide bonds. The van der Waals surface area contributed by atoms with Crippen LogP contribution in [0.15, 0.2) is 60.7 Å². The highest BCUT2D eigenvalue weighted by Gasteiger charge is 2.05. The van der Waals surface area contributed by atoms with Crippen LogP contribution < -0.4 is 5.32 Å². The number of benzene rings is 2. The molecule has 0 unspecified atom stereocenters. The number of hydrogen-bond donors (Lipinski definition) is 1. The Hall–Kier alpha value is -3.10. The summed E-state index contributed by atoms with van der Waals surface area (Å²) in [6, 6.07) is 18.3. The monoisotopic (exact) mass is 607 g/mol. The van der Waals surface area contributed by atoms with Gasteiger partial charge in [0.05, 0.1) is 98.1 Å². The van der Waals surface area contributed by atoms with Gasteiger partial charge in [-0.15, -0.1) is 0 Å². The lowest BCUT2D eigenvalue weighted by atomic mass is 10.2. The molecule has 0 aliphatic rings. The minimum atomic E-state index is -0.473. The zero-order chi connectivity index (χ0) is 30.5. The number of rotatable bonds is 27. The summed E-state index contributed by atoms with van der Waals surface area (Å²) in [6.45, 7) is 6.96. The van der Waals surface area contributed by atoms with E-state index in [9.17, 15) is 9.59 Å². The van der Waals surface area contributed by atoms with Crippen LogP contribution in [0, 0.1) is 0 Å². The highest BCUT2D eigenvalue weighted by atomic mass is 16.6. The molecule has 0 aromatic heterocycles. The van der Waals surface area contributed by atoms with Crippen LogP contribution in [0.2, 0.25) is 0 Å². The summed E-state index contributed by atoms with van der Waals surface area (Å²) in [5.74, 6) is -0.360. The van der Waals surface area contributed by atoms with Crippen LogP contribution in [0.3, 0.4) is 0 Å². The molecule has 12 heteroatoms.